The van der Waals surface area contributed by atoms with E-state index < -0.39 is 17.4 Å². The molecule has 88 valence electrons. The lowest BCUT2D eigenvalue weighted by Gasteiger charge is -2.30. The molecule has 0 amide bonds. The minimum absolute atomic E-state index is 0.213. The molecule has 0 bridgehead atoms. The fraction of sp³-hybridized carbons (Fsp3) is 0.818. The summed E-state index contributed by atoms with van der Waals surface area (Å²) >= 11 is 0. The van der Waals surface area contributed by atoms with Gasteiger partial charge in [-0.2, -0.15) is 0 Å². The molecule has 1 atom stereocenters. The van der Waals surface area contributed by atoms with E-state index in [1.165, 1.54) is 0 Å². The Morgan fingerprint density at radius 2 is 1.87 bits per heavy atom. The maximum absolute atomic E-state index is 11.7. The zero-order valence-corrected chi connectivity index (χ0v) is 9.87. The van der Waals surface area contributed by atoms with Crippen molar-refractivity contribution in [3.05, 3.63) is 0 Å². The Kier molecular flexibility index (Phi) is 5.33. The first kappa shape index (κ1) is 13.9. The van der Waals surface area contributed by atoms with Gasteiger partial charge >= 0.3 is 11.9 Å². The summed E-state index contributed by atoms with van der Waals surface area (Å²) in [5.41, 5.74) is -1.38. The summed E-state index contributed by atoms with van der Waals surface area (Å²) in [6.45, 7) is 7.22. The van der Waals surface area contributed by atoms with Crippen molar-refractivity contribution in [2.75, 3.05) is 6.61 Å². The highest BCUT2D eigenvalue weighted by Crippen LogP contribution is 2.34. The minimum Gasteiger partial charge on any atom is -0.480 e. The highest BCUT2D eigenvalue weighted by Gasteiger charge is 2.49. The number of hydrogen-bond acceptors (Lipinski definition) is 3. The van der Waals surface area contributed by atoms with Crippen molar-refractivity contribution < 1.29 is 19.4 Å². The molecule has 0 fully saturated rings. The molecule has 0 rings (SSSR count). The van der Waals surface area contributed by atoms with Gasteiger partial charge in [-0.1, -0.05) is 27.2 Å². The number of ether oxygens (including phenoxy) is 1. The normalized spacial score (nSPS) is 14.7. The van der Waals surface area contributed by atoms with E-state index in [0.29, 0.717) is 12.8 Å². The minimum atomic E-state index is -1.38. The number of carboxylic acids is 1. The summed E-state index contributed by atoms with van der Waals surface area (Å²) < 4.78 is 4.86. The number of aliphatic carboxylic acids is 1. The second-order valence-corrected chi connectivity index (χ2v) is 3.90. The van der Waals surface area contributed by atoms with Crippen LogP contribution in [0.3, 0.4) is 0 Å². The van der Waals surface area contributed by atoms with E-state index in [-0.39, 0.29) is 12.5 Å². The van der Waals surface area contributed by atoms with Crippen LogP contribution >= 0.6 is 0 Å². The second kappa shape index (κ2) is 5.73. The molecular formula is C11H20O4. The maximum Gasteiger partial charge on any atom is 0.323 e. The van der Waals surface area contributed by atoms with Crippen molar-refractivity contribution in [1.82, 2.24) is 0 Å². The predicted molar refractivity (Wildman–Crippen MR) is 56.4 cm³/mol. The average molecular weight is 216 g/mol. The Morgan fingerprint density at radius 3 is 2.13 bits per heavy atom. The molecule has 0 saturated carbocycles. The molecule has 1 N–H and O–H groups in total. The molecule has 15 heavy (non-hydrogen) atoms. The van der Waals surface area contributed by atoms with Crippen molar-refractivity contribution in [2.45, 2.75) is 40.5 Å². The van der Waals surface area contributed by atoms with Crippen LogP contribution in [-0.2, 0) is 14.3 Å². The second-order valence-electron chi connectivity index (χ2n) is 3.90. The third-order valence-electron chi connectivity index (χ3n) is 2.65. The largest absolute Gasteiger partial charge is 0.480 e. The number of carboxylic acid groups (broad SMARTS) is 1. The van der Waals surface area contributed by atoms with Gasteiger partial charge in [0.05, 0.1) is 6.61 Å². The summed E-state index contributed by atoms with van der Waals surface area (Å²) in [4.78, 5) is 23.0. The predicted octanol–water partition coefficient (Wildman–Crippen LogP) is 2.08. The van der Waals surface area contributed by atoms with E-state index in [1.54, 1.807) is 20.8 Å². The first-order valence-corrected chi connectivity index (χ1v) is 5.34. The van der Waals surface area contributed by atoms with Crippen LogP contribution in [0.5, 0.6) is 0 Å². The SMILES string of the molecule is CCCC(C(=O)O)(C(=O)OCC)C(C)C. The molecule has 0 heterocycles. The van der Waals surface area contributed by atoms with Crippen LogP contribution in [0.1, 0.15) is 40.5 Å². The van der Waals surface area contributed by atoms with Gasteiger partial charge in [-0.25, -0.2) is 0 Å². The Balaban J connectivity index is 5.11. The van der Waals surface area contributed by atoms with Crippen molar-refractivity contribution in [2.24, 2.45) is 11.3 Å². The van der Waals surface area contributed by atoms with Crippen molar-refractivity contribution >= 4 is 11.9 Å². The molecule has 1 unspecified atom stereocenters. The van der Waals surface area contributed by atoms with Gasteiger partial charge in [0.2, 0.25) is 0 Å². The molecule has 4 nitrogen and oxygen atoms in total. The molecule has 0 aliphatic rings. The fourth-order valence-corrected chi connectivity index (χ4v) is 1.72. The smallest absolute Gasteiger partial charge is 0.323 e. The average Bonchev–Trinajstić information content (AvgIpc) is 2.13. The third-order valence-corrected chi connectivity index (χ3v) is 2.65. The van der Waals surface area contributed by atoms with Crippen molar-refractivity contribution in [1.29, 1.82) is 0 Å². The Labute approximate surface area is 90.6 Å². The van der Waals surface area contributed by atoms with E-state index in [4.69, 9.17) is 4.74 Å². The summed E-state index contributed by atoms with van der Waals surface area (Å²) in [5.74, 6) is -1.97. The van der Waals surface area contributed by atoms with Crippen LogP contribution in [-0.4, -0.2) is 23.7 Å². The standard InChI is InChI=1S/C11H20O4/c1-5-7-11(8(3)4,9(12)13)10(14)15-6-2/h8H,5-7H2,1-4H3,(H,12,13). The van der Waals surface area contributed by atoms with Crippen molar-refractivity contribution in [3.8, 4) is 0 Å². The van der Waals surface area contributed by atoms with Crippen LogP contribution in [0.2, 0.25) is 0 Å². The van der Waals surface area contributed by atoms with E-state index in [9.17, 15) is 14.7 Å². The summed E-state index contributed by atoms with van der Waals surface area (Å²) in [6, 6.07) is 0. The summed E-state index contributed by atoms with van der Waals surface area (Å²) in [6.07, 6.45) is 0.960. The van der Waals surface area contributed by atoms with Gasteiger partial charge in [-0.3, -0.25) is 9.59 Å². The lowest BCUT2D eigenvalue weighted by atomic mass is 9.74. The Bertz CT molecular complexity index is 235. The highest BCUT2D eigenvalue weighted by atomic mass is 16.5. The number of carbonyl (C=O) groups excluding carboxylic acids is 1. The van der Waals surface area contributed by atoms with E-state index in [2.05, 4.69) is 0 Å². The zero-order valence-electron chi connectivity index (χ0n) is 9.87. The number of rotatable bonds is 6. The number of hydrogen-bond donors (Lipinski definition) is 1. The maximum atomic E-state index is 11.7. The molecule has 0 aromatic rings. The molecule has 0 aromatic heterocycles. The van der Waals surface area contributed by atoms with E-state index in [0.717, 1.165) is 0 Å². The van der Waals surface area contributed by atoms with Crippen LogP contribution in [0, 0.1) is 11.3 Å². The first-order chi connectivity index (χ1) is 6.93. The summed E-state index contributed by atoms with van der Waals surface area (Å²) in [7, 11) is 0. The highest BCUT2D eigenvalue weighted by molar-refractivity contribution is 5.99. The topological polar surface area (TPSA) is 63.6 Å². The summed E-state index contributed by atoms with van der Waals surface area (Å²) in [5, 5.41) is 9.22. The third kappa shape index (κ3) is 2.70. The first-order valence-electron chi connectivity index (χ1n) is 5.34. The monoisotopic (exact) mass is 216 g/mol. The molecule has 0 aliphatic heterocycles. The van der Waals surface area contributed by atoms with Gasteiger partial charge < -0.3 is 9.84 Å². The van der Waals surface area contributed by atoms with Gasteiger partial charge in [0.15, 0.2) is 5.41 Å². The van der Waals surface area contributed by atoms with Crippen LogP contribution in [0.25, 0.3) is 0 Å². The Hall–Kier alpha value is -1.06. The molecule has 0 aromatic carbocycles. The molecule has 0 spiro atoms. The van der Waals surface area contributed by atoms with Crippen LogP contribution < -0.4 is 0 Å². The molecule has 0 aliphatic carbocycles. The number of esters is 1. The van der Waals surface area contributed by atoms with E-state index >= 15 is 0 Å². The number of carbonyl (C=O) groups is 2. The van der Waals surface area contributed by atoms with Gasteiger partial charge in [0, 0.05) is 0 Å². The van der Waals surface area contributed by atoms with E-state index in [1.807, 2.05) is 6.92 Å². The molecule has 4 heteroatoms. The van der Waals surface area contributed by atoms with Crippen LogP contribution in [0.15, 0.2) is 0 Å². The van der Waals surface area contributed by atoms with Crippen molar-refractivity contribution in [3.63, 3.8) is 0 Å². The van der Waals surface area contributed by atoms with Gasteiger partial charge in [0.25, 0.3) is 0 Å². The fourth-order valence-electron chi connectivity index (χ4n) is 1.72. The van der Waals surface area contributed by atoms with Crippen LogP contribution in [0.4, 0.5) is 0 Å². The lowest BCUT2D eigenvalue weighted by Crippen LogP contribution is -2.45. The Morgan fingerprint density at radius 1 is 1.33 bits per heavy atom. The van der Waals surface area contributed by atoms with Gasteiger partial charge in [-0.05, 0) is 19.3 Å². The van der Waals surface area contributed by atoms with Gasteiger partial charge in [0.1, 0.15) is 0 Å². The lowest BCUT2D eigenvalue weighted by molar-refractivity contribution is -0.173. The zero-order chi connectivity index (χ0) is 12.1. The molecular weight excluding hydrogens is 196 g/mol. The molecule has 0 saturated heterocycles. The quantitative estimate of drug-likeness (QED) is 0.545. The van der Waals surface area contributed by atoms with Gasteiger partial charge in [-0.15, -0.1) is 0 Å². The molecule has 0 radical (unpaired) electrons.